The maximum atomic E-state index is 9.90. The molecule has 2 heteroatoms. The van der Waals surface area contributed by atoms with E-state index in [1.165, 1.54) is 0 Å². The maximum absolute atomic E-state index is 9.90. The second-order valence-corrected chi connectivity index (χ2v) is 4.73. The van der Waals surface area contributed by atoms with Crippen molar-refractivity contribution in [3.63, 3.8) is 0 Å². The molecule has 1 atom stereocenters. The molecule has 0 aliphatic heterocycles. The summed E-state index contributed by atoms with van der Waals surface area (Å²) < 4.78 is 0. The molecular formula is C14H19NO. The van der Waals surface area contributed by atoms with Gasteiger partial charge in [-0.25, -0.2) is 0 Å². The average Bonchev–Trinajstić information content (AvgIpc) is 2.30. The van der Waals surface area contributed by atoms with Gasteiger partial charge in [-0.3, -0.25) is 4.98 Å². The van der Waals surface area contributed by atoms with Crippen LogP contribution in [0.2, 0.25) is 0 Å². The molecule has 16 heavy (non-hydrogen) atoms. The molecule has 0 saturated heterocycles. The molecule has 86 valence electrons. The van der Waals surface area contributed by atoms with Gasteiger partial charge in [0.15, 0.2) is 0 Å². The molecule has 1 heterocycles. The number of pyridine rings is 1. The smallest absolute Gasteiger partial charge is 0.0793 e. The molecule has 1 aliphatic carbocycles. The summed E-state index contributed by atoms with van der Waals surface area (Å²) in [6.45, 7) is 4.27. The zero-order valence-corrected chi connectivity index (χ0v) is 9.98. The van der Waals surface area contributed by atoms with Crippen molar-refractivity contribution in [2.24, 2.45) is 0 Å². The van der Waals surface area contributed by atoms with Crippen molar-refractivity contribution in [1.82, 2.24) is 4.98 Å². The van der Waals surface area contributed by atoms with Gasteiger partial charge in [-0.05, 0) is 42.4 Å². The summed E-state index contributed by atoms with van der Waals surface area (Å²) in [5.74, 6) is 0.458. The summed E-state index contributed by atoms with van der Waals surface area (Å²) in [5, 5.41) is 9.90. The van der Waals surface area contributed by atoms with Crippen LogP contribution in [-0.4, -0.2) is 16.2 Å². The highest BCUT2D eigenvalue weighted by Gasteiger charge is 2.16. The Hall–Kier alpha value is -1.15. The van der Waals surface area contributed by atoms with Crippen LogP contribution in [0, 0.1) is 0 Å². The minimum absolute atomic E-state index is 0.305. The predicted octanol–water partition coefficient (Wildman–Crippen LogP) is 3.13. The first-order chi connectivity index (χ1) is 7.68. The lowest BCUT2D eigenvalue weighted by Gasteiger charge is -2.19. The normalized spacial score (nSPS) is 21.0. The number of hydrogen-bond acceptors (Lipinski definition) is 2. The van der Waals surface area contributed by atoms with Crippen molar-refractivity contribution < 1.29 is 5.11 Å². The maximum Gasteiger partial charge on any atom is 0.0793 e. The number of aliphatic hydroxyl groups excluding tert-OH is 1. The fourth-order valence-corrected chi connectivity index (χ4v) is 2.09. The highest BCUT2D eigenvalue weighted by Crippen LogP contribution is 2.27. The molecule has 0 spiro atoms. The van der Waals surface area contributed by atoms with Gasteiger partial charge < -0.3 is 5.11 Å². The number of nitrogens with zero attached hydrogens (tertiary/aromatic N) is 1. The molecule has 0 aromatic carbocycles. The van der Waals surface area contributed by atoms with Crippen molar-refractivity contribution >= 4 is 5.57 Å². The molecule has 1 aromatic heterocycles. The van der Waals surface area contributed by atoms with Crippen molar-refractivity contribution in [1.29, 1.82) is 0 Å². The van der Waals surface area contributed by atoms with E-state index in [9.17, 15) is 5.11 Å². The van der Waals surface area contributed by atoms with E-state index in [1.807, 2.05) is 6.20 Å². The Labute approximate surface area is 97.0 Å². The molecule has 0 radical (unpaired) electrons. The van der Waals surface area contributed by atoms with Gasteiger partial charge in [0.05, 0.1) is 6.10 Å². The highest BCUT2D eigenvalue weighted by molar-refractivity contribution is 5.68. The van der Waals surface area contributed by atoms with Crippen LogP contribution < -0.4 is 0 Å². The second kappa shape index (κ2) is 4.79. The number of aliphatic hydroxyl groups is 1. The zero-order chi connectivity index (χ0) is 11.5. The predicted molar refractivity (Wildman–Crippen MR) is 66.2 cm³/mol. The Kier molecular flexibility index (Phi) is 3.39. The van der Waals surface area contributed by atoms with Crippen LogP contribution in [0.1, 0.15) is 50.3 Å². The molecule has 0 amide bonds. The molecule has 2 rings (SSSR count). The topological polar surface area (TPSA) is 33.1 Å². The highest BCUT2D eigenvalue weighted by atomic mass is 16.3. The van der Waals surface area contributed by atoms with Crippen LogP contribution in [0.4, 0.5) is 0 Å². The van der Waals surface area contributed by atoms with Crippen molar-refractivity contribution in [3.05, 3.63) is 35.7 Å². The van der Waals surface area contributed by atoms with Gasteiger partial charge in [0.25, 0.3) is 0 Å². The Morgan fingerprint density at radius 1 is 1.38 bits per heavy atom. The van der Waals surface area contributed by atoms with E-state index < -0.39 is 0 Å². The van der Waals surface area contributed by atoms with Gasteiger partial charge in [-0.1, -0.05) is 26.0 Å². The fourth-order valence-electron chi connectivity index (χ4n) is 2.09. The summed E-state index contributed by atoms with van der Waals surface area (Å²) >= 11 is 0. The SMILES string of the molecule is CC(C)c1ccc(C2=CCCCC2O)cn1. The molecule has 1 N–H and O–H groups in total. The fraction of sp³-hybridized carbons (Fsp3) is 0.500. The van der Waals surface area contributed by atoms with Gasteiger partial charge >= 0.3 is 0 Å². The van der Waals surface area contributed by atoms with Gasteiger partial charge in [0.1, 0.15) is 0 Å². The number of aromatic nitrogens is 1. The average molecular weight is 217 g/mol. The number of hydrogen-bond donors (Lipinski definition) is 1. The molecule has 1 aromatic rings. The molecule has 1 unspecified atom stereocenters. The van der Waals surface area contributed by atoms with Crippen LogP contribution in [0.25, 0.3) is 5.57 Å². The van der Waals surface area contributed by atoms with E-state index >= 15 is 0 Å². The summed E-state index contributed by atoms with van der Waals surface area (Å²) in [7, 11) is 0. The summed E-state index contributed by atoms with van der Waals surface area (Å²) in [5.41, 5.74) is 3.22. The lowest BCUT2D eigenvalue weighted by atomic mass is 9.91. The first-order valence-electron chi connectivity index (χ1n) is 6.03. The van der Waals surface area contributed by atoms with Gasteiger partial charge in [-0.2, -0.15) is 0 Å². The Morgan fingerprint density at radius 2 is 2.19 bits per heavy atom. The number of rotatable bonds is 2. The molecule has 0 saturated carbocycles. The van der Waals surface area contributed by atoms with Gasteiger partial charge in [0.2, 0.25) is 0 Å². The quantitative estimate of drug-likeness (QED) is 0.825. The summed E-state index contributed by atoms with van der Waals surface area (Å²) in [4.78, 5) is 4.44. The van der Waals surface area contributed by atoms with E-state index in [0.717, 1.165) is 36.1 Å². The van der Waals surface area contributed by atoms with Gasteiger partial charge in [0, 0.05) is 11.9 Å². The standard InChI is InChI=1S/C14H19NO/c1-10(2)13-8-7-11(9-15-13)12-5-3-4-6-14(12)16/h5,7-10,14,16H,3-4,6H2,1-2H3. The van der Waals surface area contributed by atoms with Crippen LogP contribution >= 0.6 is 0 Å². The minimum Gasteiger partial charge on any atom is -0.388 e. The van der Waals surface area contributed by atoms with E-state index in [1.54, 1.807) is 0 Å². The Morgan fingerprint density at radius 3 is 2.75 bits per heavy atom. The lowest BCUT2D eigenvalue weighted by Crippen LogP contribution is -2.13. The summed E-state index contributed by atoms with van der Waals surface area (Å²) in [6.07, 6.45) is 6.74. The van der Waals surface area contributed by atoms with E-state index in [2.05, 4.69) is 37.0 Å². The third-order valence-electron chi connectivity index (χ3n) is 3.12. The van der Waals surface area contributed by atoms with Crippen molar-refractivity contribution in [2.45, 2.75) is 45.1 Å². The first-order valence-corrected chi connectivity index (χ1v) is 6.03. The first kappa shape index (κ1) is 11.3. The Balaban J connectivity index is 2.24. The zero-order valence-electron chi connectivity index (χ0n) is 9.98. The summed E-state index contributed by atoms with van der Waals surface area (Å²) in [6, 6.07) is 4.13. The third kappa shape index (κ3) is 2.33. The molecule has 1 aliphatic rings. The van der Waals surface area contributed by atoms with E-state index in [4.69, 9.17) is 0 Å². The van der Waals surface area contributed by atoms with Crippen LogP contribution in [0.5, 0.6) is 0 Å². The van der Waals surface area contributed by atoms with E-state index in [0.29, 0.717) is 5.92 Å². The second-order valence-electron chi connectivity index (χ2n) is 4.73. The van der Waals surface area contributed by atoms with E-state index in [-0.39, 0.29) is 6.10 Å². The largest absolute Gasteiger partial charge is 0.388 e. The van der Waals surface area contributed by atoms with Gasteiger partial charge in [-0.15, -0.1) is 0 Å². The third-order valence-corrected chi connectivity index (χ3v) is 3.12. The Bertz CT molecular complexity index is 378. The lowest BCUT2D eigenvalue weighted by molar-refractivity contribution is 0.214. The monoisotopic (exact) mass is 217 g/mol. The molecule has 0 fully saturated rings. The molecule has 0 bridgehead atoms. The van der Waals surface area contributed by atoms with Crippen LogP contribution in [0.3, 0.4) is 0 Å². The minimum atomic E-state index is -0.305. The van der Waals surface area contributed by atoms with Crippen LogP contribution in [-0.2, 0) is 0 Å². The molecule has 2 nitrogen and oxygen atoms in total. The number of allylic oxidation sites excluding steroid dienone is 1. The van der Waals surface area contributed by atoms with Crippen molar-refractivity contribution in [3.8, 4) is 0 Å². The van der Waals surface area contributed by atoms with Crippen molar-refractivity contribution in [2.75, 3.05) is 0 Å². The molecular weight excluding hydrogens is 198 g/mol. The van der Waals surface area contributed by atoms with Crippen LogP contribution in [0.15, 0.2) is 24.4 Å².